The second-order valence-electron chi connectivity index (χ2n) is 9.90. The molecule has 0 unspecified atom stereocenters. The first-order valence-electron chi connectivity index (χ1n) is 13.0. The monoisotopic (exact) mass is 526 g/mol. The van der Waals surface area contributed by atoms with E-state index in [1.54, 1.807) is 18.4 Å². The number of ether oxygens (including phenoxy) is 1. The molecule has 6 nitrogen and oxygen atoms in total. The fraction of sp³-hybridized carbons (Fsp3) is 0.290. The molecule has 1 fully saturated rings. The van der Waals surface area contributed by atoms with Crippen LogP contribution in [0.2, 0.25) is 0 Å². The highest BCUT2D eigenvalue weighted by Gasteiger charge is 2.15. The Hall–Kier alpha value is -3.52. The number of likely N-dealkylation sites (N-methyl/N-ethyl adjacent to an activating group) is 1. The molecule has 4 aromatic rings. The number of rotatable bonds is 8. The van der Waals surface area contributed by atoms with Crippen LogP contribution in [0.4, 0.5) is 5.69 Å². The number of aryl methyl sites for hydroxylation is 1. The maximum atomic E-state index is 13.0. The molecule has 1 saturated heterocycles. The standard InChI is InChI=1S/C31H34N4O2S/c1-22-4-11-27(18-26(22)19-30-33-29(21-38-30)24-9-12-28(37-3)13-10-24)32-31(36)25-7-5-23(6-8-25)20-35-16-14-34(2)15-17-35/h4-13,18,21H,14-17,19-20H2,1-3H3,(H,32,36). The van der Waals surface area contributed by atoms with Gasteiger partial charge in [0.2, 0.25) is 0 Å². The van der Waals surface area contributed by atoms with Crippen LogP contribution in [0.15, 0.2) is 72.1 Å². The van der Waals surface area contributed by atoms with Crippen molar-refractivity contribution in [3.8, 4) is 17.0 Å². The van der Waals surface area contributed by atoms with Gasteiger partial charge in [0.05, 0.1) is 17.8 Å². The molecule has 5 rings (SSSR count). The molecule has 1 aliphatic rings. The van der Waals surface area contributed by atoms with Crippen molar-refractivity contribution in [1.29, 1.82) is 0 Å². The maximum Gasteiger partial charge on any atom is 0.255 e. The minimum absolute atomic E-state index is 0.0954. The van der Waals surface area contributed by atoms with Crippen LogP contribution >= 0.6 is 11.3 Å². The topological polar surface area (TPSA) is 57.7 Å². The van der Waals surface area contributed by atoms with Crippen molar-refractivity contribution in [1.82, 2.24) is 14.8 Å². The molecule has 0 radical (unpaired) electrons. The van der Waals surface area contributed by atoms with E-state index < -0.39 is 0 Å². The van der Waals surface area contributed by atoms with E-state index in [9.17, 15) is 4.79 Å². The molecule has 1 amide bonds. The molecule has 1 aromatic heterocycles. The van der Waals surface area contributed by atoms with Crippen molar-refractivity contribution in [3.05, 3.63) is 99.4 Å². The van der Waals surface area contributed by atoms with Gasteiger partial charge in [-0.05, 0) is 79.2 Å². The summed E-state index contributed by atoms with van der Waals surface area (Å²) in [4.78, 5) is 22.6. The summed E-state index contributed by atoms with van der Waals surface area (Å²) in [6.07, 6.45) is 0.720. The highest BCUT2D eigenvalue weighted by atomic mass is 32.1. The van der Waals surface area contributed by atoms with Gasteiger partial charge in [-0.3, -0.25) is 9.69 Å². The first kappa shape index (κ1) is 26.1. The molecule has 1 N–H and O–H groups in total. The molecule has 0 spiro atoms. The second kappa shape index (κ2) is 11.9. The Labute approximate surface area is 228 Å². The van der Waals surface area contributed by atoms with Crippen LogP contribution in [0, 0.1) is 6.92 Å². The number of carbonyl (C=O) groups is 1. The van der Waals surface area contributed by atoms with Crippen LogP contribution in [-0.4, -0.2) is 61.0 Å². The lowest BCUT2D eigenvalue weighted by atomic mass is 10.0. The number of hydrogen-bond donors (Lipinski definition) is 1. The van der Waals surface area contributed by atoms with E-state index in [-0.39, 0.29) is 5.91 Å². The van der Waals surface area contributed by atoms with Crippen LogP contribution in [0.1, 0.15) is 32.1 Å². The van der Waals surface area contributed by atoms with Crippen molar-refractivity contribution >= 4 is 22.9 Å². The van der Waals surface area contributed by atoms with E-state index in [4.69, 9.17) is 9.72 Å². The van der Waals surface area contributed by atoms with Gasteiger partial charge < -0.3 is 15.0 Å². The molecule has 7 heteroatoms. The Balaban J connectivity index is 1.21. The summed E-state index contributed by atoms with van der Waals surface area (Å²) in [6.45, 7) is 7.39. The number of aromatic nitrogens is 1. The summed E-state index contributed by atoms with van der Waals surface area (Å²) in [5.74, 6) is 0.738. The second-order valence-corrected chi connectivity index (χ2v) is 10.8. The van der Waals surface area contributed by atoms with Gasteiger partial charge in [0.1, 0.15) is 5.75 Å². The number of nitrogens with one attached hydrogen (secondary N) is 1. The van der Waals surface area contributed by atoms with Gasteiger partial charge >= 0.3 is 0 Å². The van der Waals surface area contributed by atoms with Gasteiger partial charge in [-0.25, -0.2) is 4.98 Å². The van der Waals surface area contributed by atoms with E-state index in [2.05, 4.69) is 58.7 Å². The lowest BCUT2D eigenvalue weighted by molar-refractivity contribution is 0.102. The molecule has 1 aliphatic heterocycles. The van der Waals surface area contributed by atoms with Gasteiger partial charge in [-0.2, -0.15) is 0 Å². The first-order valence-corrected chi connectivity index (χ1v) is 13.8. The molecule has 196 valence electrons. The fourth-order valence-corrected chi connectivity index (χ4v) is 5.44. The average molecular weight is 527 g/mol. The van der Waals surface area contributed by atoms with Crippen molar-refractivity contribution in [3.63, 3.8) is 0 Å². The SMILES string of the molecule is COc1ccc(-c2csc(Cc3cc(NC(=O)c4ccc(CN5CCN(C)CC5)cc4)ccc3C)n2)cc1. The summed E-state index contributed by atoms with van der Waals surface area (Å²) in [7, 11) is 3.83. The Bertz CT molecular complexity index is 1370. The molecule has 38 heavy (non-hydrogen) atoms. The third kappa shape index (κ3) is 6.48. The van der Waals surface area contributed by atoms with Gasteiger partial charge in [-0.15, -0.1) is 11.3 Å². The maximum absolute atomic E-state index is 13.0. The zero-order valence-corrected chi connectivity index (χ0v) is 23.1. The predicted molar refractivity (Wildman–Crippen MR) is 155 cm³/mol. The van der Waals surface area contributed by atoms with Crippen molar-refractivity contribution in [2.75, 3.05) is 45.7 Å². The van der Waals surface area contributed by atoms with E-state index >= 15 is 0 Å². The highest BCUT2D eigenvalue weighted by Crippen LogP contribution is 2.27. The molecule has 3 aromatic carbocycles. The fourth-order valence-electron chi connectivity index (χ4n) is 4.62. The largest absolute Gasteiger partial charge is 0.497 e. The third-order valence-corrected chi connectivity index (χ3v) is 7.95. The summed E-state index contributed by atoms with van der Waals surface area (Å²) < 4.78 is 5.25. The van der Waals surface area contributed by atoms with Crippen LogP contribution in [-0.2, 0) is 13.0 Å². The summed E-state index contributed by atoms with van der Waals surface area (Å²) in [5.41, 5.74) is 7.06. The molecule has 0 aliphatic carbocycles. The average Bonchev–Trinajstić information content (AvgIpc) is 3.41. The van der Waals surface area contributed by atoms with E-state index in [1.165, 1.54) is 11.1 Å². The summed E-state index contributed by atoms with van der Waals surface area (Å²) in [5, 5.41) is 6.20. The van der Waals surface area contributed by atoms with Crippen molar-refractivity contribution in [2.45, 2.75) is 19.9 Å². The molecule has 0 bridgehead atoms. The molecule has 0 saturated carbocycles. The number of piperazine rings is 1. The van der Waals surface area contributed by atoms with Gasteiger partial charge in [0.15, 0.2) is 0 Å². The Kier molecular flexibility index (Phi) is 8.17. The Morgan fingerprint density at radius 2 is 1.74 bits per heavy atom. The number of nitrogens with zero attached hydrogens (tertiary/aromatic N) is 3. The predicted octanol–water partition coefficient (Wildman–Crippen LogP) is 5.72. The minimum Gasteiger partial charge on any atom is -0.497 e. The van der Waals surface area contributed by atoms with Crippen LogP contribution in [0.3, 0.4) is 0 Å². The lowest BCUT2D eigenvalue weighted by Crippen LogP contribution is -2.43. The van der Waals surface area contributed by atoms with Crippen LogP contribution in [0.5, 0.6) is 5.75 Å². The Morgan fingerprint density at radius 1 is 1.00 bits per heavy atom. The normalized spacial score (nSPS) is 14.4. The number of hydrogen-bond acceptors (Lipinski definition) is 6. The van der Waals surface area contributed by atoms with Crippen molar-refractivity contribution in [2.24, 2.45) is 0 Å². The number of anilines is 1. The summed E-state index contributed by atoms with van der Waals surface area (Å²) in [6, 6.07) is 22.0. The lowest BCUT2D eigenvalue weighted by Gasteiger charge is -2.32. The number of methoxy groups -OCH3 is 1. The number of thiazole rings is 1. The number of amides is 1. The highest BCUT2D eigenvalue weighted by molar-refractivity contribution is 7.10. The quantitative estimate of drug-likeness (QED) is 0.318. The zero-order valence-electron chi connectivity index (χ0n) is 22.2. The number of carbonyl (C=O) groups excluding carboxylic acids is 1. The van der Waals surface area contributed by atoms with Crippen molar-refractivity contribution < 1.29 is 9.53 Å². The first-order chi connectivity index (χ1) is 18.5. The van der Waals surface area contributed by atoms with Crippen LogP contribution in [0.25, 0.3) is 11.3 Å². The smallest absolute Gasteiger partial charge is 0.255 e. The van der Waals surface area contributed by atoms with Gasteiger partial charge in [-0.1, -0.05) is 18.2 Å². The van der Waals surface area contributed by atoms with Gasteiger partial charge in [0, 0.05) is 61.3 Å². The minimum atomic E-state index is -0.0954. The van der Waals surface area contributed by atoms with E-state index in [0.717, 1.165) is 72.4 Å². The summed E-state index contributed by atoms with van der Waals surface area (Å²) >= 11 is 1.65. The molecular weight excluding hydrogens is 492 g/mol. The van der Waals surface area contributed by atoms with Crippen LogP contribution < -0.4 is 10.1 Å². The molecular formula is C31H34N4O2S. The van der Waals surface area contributed by atoms with Gasteiger partial charge in [0.25, 0.3) is 5.91 Å². The molecule has 2 heterocycles. The Morgan fingerprint density at radius 3 is 2.45 bits per heavy atom. The molecule has 0 atom stereocenters. The third-order valence-electron chi connectivity index (χ3n) is 7.10. The van der Waals surface area contributed by atoms with E-state index in [0.29, 0.717) is 5.56 Å². The number of benzene rings is 3. The zero-order chi connectivity index (χ0) is 26.5. The van der Waals surface area contributed by atoms with E-state index in [1.807, 2.05) is 42.5 Å².